The van der Waals surface area contributed by atoms with Crippen LogP contribution in [0.15, 0.2) is 34.1 Å². The predicted molar refractivity (Wildman–Crippen MR) is 81.7 cm³/mol. The molecule has 1 aromatic heterocycles. The largest absolute Gasteiger partial charge is 0.494 e. The second kappa shape index (κ2) is 5.83. The Morgan fingerprint density at radius 2 is 1.90 bits per heavy atom. The van der Waals surface area contributed by atoms with E-state index < -0.39 is 5.56 Å². The molecule has 0 radical (unpaired) electrons. The number of aromatic amines is 2. The first-order valence-electron chi connectivity index (χ1n) is 6.17. The summed E-state index contributed by atoms with van der Waals surface area (Å²) in [6, 6.07) is 7.70. The van der Waals surface area contributed by atoms with Crippen LogP contribution in [0.1, 0.15) is 30.9 Å². The summed E-state index contributed by atoms with van der Waals surface area (Å²) in [6.45, 7) is 4.23. The highest BCUT2D eigenvalue weighted by atomic mass is 32.1. The minimum atomic E-state index is -0.478. The van der Waals surface area contributed by atoms with E-state index in [0.29, 0.717) is 11.6 Å². The van der Waals surface area contributed by atoms with Crippen LogP contribution in [-0.2, 0) is 0 Å². The maximum absolute atomic E-state index is 11.6. The highest BCUT2D eigenvalue weighted by Gasteiger charge is 2.04. The first-order chi connectivity index (χ1) is 9.47. The first kappa shape index (κ1) is 14.2. The highest BCUT2D eigenvalue weighted by Crippen LogP contribution is 2.19. The standard InChI is InChI=1S/C14H15N3O2S/c1-8(2)9-3-5-10(6-4-9)15-7-11-12(18)16-14(20)17-13(11)19/h3-8H,1-2H3,(H3,16,17,18,19,20). The number of H-pyrrole nitrogens is 2. The molecule has 6 heteroatoms. The van der Waals surface area contributed by atoms with Gasteiger partial charge >= 0.3 is 0 Å². The van der Waals surface area contributed by atoms with Gasteiger partial charge in [-0.25, -0.2) is 0 Å². The Morgan fingerprint density at radius 1 is 1.25 bits per heavy atom. The molecule has 104 valence electrons. The van der Waals surface area contributed by atoms with E-state index in [-0.39, 0.29) is 16.2 Å². The van der Waals surface area contributed by atoms with Crippen molar-refractivity contribution in [1.29, 1.82) is 0 Å². The van der Waals surface area contributed by atoms with Gasteiger partial charge in [-0.2, -0.15) is 0 Å². The van der Waals surface area contributed by atoms with Crippen LogP contribution in [-0.4, -0.2) is 21.3 Å². The lowest BCUT2D eigenvalue weighted by atomic mass is 10.0. The van der Waals surface area contributed by atoms with Crippen molar-refractivity contribution in [3.63, 3.8) is 0 Å². The molecule has 0 atom stereocenters. The average Bonchev–Trinajstić information content (AvgIpc) is 2.38. The molecule has 2 rings (SSSR count). The summed E-state index contributed by atoms with van der Waals surface area (Å²) >= 11 is 4.75. The molecule has 0 aliphatic carbocycles. The Labute approximate surface area is 121 Å². The molecule has 20 heavy (non-hydrogen) atoms. The Hall–Kier alpha value is -2.21. The molecule has 0 spiro atoms. The van der Waals surface area contributed by atoms with Crippen molar-refractivity contribution in [3.05, 3.63) is 50.5 Å². The zero-order valence-corrected chi connectivity index (χ0v) is 12.0. The van der Waals surface area contributed by atoms with Gasteiger partial charge in [-0.15, -0.1) is 0 Å². The van der Waals surface area contributed by atoms with Gasteiger partial charge < -0.3 is 10.1 Å². The lowest BCUT2D eigenvalue weighted by molar-refractivity contribution is 0.449. The summed E-state index contributed by atoms with van der Waals surface area (Å²) in [5.74, 6) is 0.162. The third kappa shape index (κ3) is 3.21. The predicted octanol–water partition coefficient (Wildman–Crippen LogP) is 3.01. The Bertz CT molecular complexity index is 742. The number of aromatic hydroxyl groups is 1. The van der Waals surface area contributed by atoms with E-state index in [0.717, 1.165) is 0 Å². The van der Waals surface area contributed by atoms with Crippen LogP contribution in [0.4, 0.5) is 5.69 Å². The fourth-order valence-electron chi connectivity index (χ4n) is 1.69. The molecule has 0 aliphatic rings. The number of nitrogens with one attached hydrogen (secondary N) is 2. The smallest absolute Gasteiger partial charge is 0.264 e. The lowest BCUT2D eigenvalue weighted by Crippen LogP contribution is -2.13. The summed E-state index contributed by atoms with van der Waals surface area (Å²) in [6.07, 6.45) is 1.31. The van der Waals surface area contributed by atoms with Crippen LogP contribution in [0.2, 0.25) is 0 Å². The monoisotopic (exact) mass is 289 g/mol. The van der Waals surface area contributed by atoms with Gasteiger partial charge in [0.1, 0.15) is 5.56 Å². The molecule has 0 fully saturated rings. The number of benzene rings is 1. The zero-order valence-electron chi connectivity index (χ0n) is 11.2. The minimum Gasteiger partial charge on any atom is -0.494 e. The zero-order chi connectivity index (χ0) is 14.7. The molecule has 0 bridgehead atoms. The van der Waals surface area contributed by atoms with Crippen molar-refractivity contribution in [2.75, 3.05) is 0 Å². The van der Waals surface area contributed by atoms with Gasteiger partial charge in [-0.3, -0.25) is 14.8 Å². The number of hydrogen-bond acceptors (Lipinski definition) is 4. The number of aliphatic imine (C=N–C) groups is 1. The van der Waals surface area contributed by atoms with E-state index in [9.17, 15) is 9.90 Å². The van der Waals surface area contributed by atoms with Gasteiger partial charge in [0.25, 0.3) is 5.56 Å². The molecule has 0 amide bonds. The first-order valence-corrected chi connectivity index (χ1v) is 6.58. The molecule has 0 aliphatic heterocycles. The Kier molecular flexibility index (Phi) is 4.14. The molecule has 3 N–H and O–H groups in total. The molecule has 2 aromatic rings. The van der Waals surface area contributed by atoms with E-state index in [2.05, 4.69) is 28.8 Å². The number of rotatable bonds is 3. The third-order valence-electron chi connectivity index (χ3n) is 2.86. The normalized spacial score (nSPS) is 11.3. The fraction of sp³-hybridized carbons (Fsp3) is 0.214. The molecule has 1 aromatic carbocycles. The second-order valence-electron chi connectivity index (χ2n) is 4.67. The molecule has 5 nitrogen and oxygen atoms in total. The van der Waals surface area contributed by atoms with Crippen molar-refractivity contribution in [3.8, 4) is 5.88 Å². The van der Waals surface area contributed by atoms with E-state index in [1.807, 2.05) is 24.3 Å². The van der Waals surface area contributed by atoms with Crippen molar-refractivity contribution >= 4 is 24.1 Å². The van der Waals surface area contributed by atoms with Gasteiger partial charge in [0, 0.05) is 6.21 Å². The van der Waals surface area contributed by atoms with Gasteiger partial charge in [-0.1, -0.05) is 26.0 Å². The molecule has 0 saturated heterocycles. The van der Waals surface area contributed by atoms with Crippen LogP contribution < -0.4 is 5.56 Å². The number of aromatic nitrogens is 2. The highest BCUT2D eigenvalue weighted by molar-refractivity contribution is 7.71. The summed E-state index contributed by atoms with van der Waals surface area (Å²) < 4.78 is 0.0749. The number of nitrogens with zero attached hydrogens (tertiary/aromatic N) is 1. The Morgan fingerprint density at radius 3 is 2.45 bits per heavy atom. The van der Waals surface area contributed by atoms with Crippen molar-refractivity contribution in [1.82, 2.24) is 9.97 Å². The SMILES string of the molecule is CC(C)c1ccc(N=Cc2c(O)[nH]c(=S)[nH]c2=O)cc1. The van der Waals surface area contributed by atoms with Gasteiger partial charge in [0.2, 0.25) is 5.88 Å². The molecular formula is C14H15N3O2S. The molecule has 0 saturated carbocycles. The maximum Gasteiger partial charge on any atom is 0.264 e. The van der Waals surface area contributed by atoms with E-state index in [1.54, 1.807) is 0 Å². The van der Waals surface area contributed by atoms with Gasteiger partial charge in [0.05, 0.1) is 5.69 Å². The van der Waals surface area contributed by atoms with Gasteiger partial charge in [0.15, 0.2) is 4.77 Å². The maximum atomic E-state index is 11.6. The van der Waals surface area contributed by atoms with Gasteiger partial charge in [-0.05, 0) is 35.8 Å². The second-order valence-corrected chi connectivity index (χ2v) is 5.08. The molecule has 0 unspecified atom stereocenters. The van der Waals surface area contributed by atoms with Crippen LogP contribution in [0.3, 0.4) is 0 Å². The summed E-state index contributed by atoms with van der Waals surface area (Å²) in [7, 11) is 0. The topological polar surface area (TPSA) is 81.2 Å². The lowest BCUT2D eigenvalue weighted by Gasteiger charge is -2.04. The molecule has 1 heterocycles. The van der Waals surface area contributed by atoms with E-state index in [4.69, 9.17) is 12.2 Å². The van der Waals surface area contributed by atoms with Crippen molar-refractivity contribution < 1.29 is 5.11 Å². The molecular weight excluding hydrogens is 274 g/mol. The van der Waals surface area contributed by atoms with Crippen molar-refractivity contribution in [2.45, 2.75) is 19.8 Å². The van der Waals surface area contributed by atoms with Crippen LogP contribution in [0.5, 0.6) is 5.88 Å². The average molecular weight is 289 g/mol. The van der Waals surface area contributed by atoms with Crippen LogP contribution >= 0.6 is 12.2 Å². The van der Waals surface area contributed by atoms with Crippen LogP contribution in [0, 0.1) is 4.77 Å². The van der Waals surface area contributed by atoms with Crippen molar-refractivity contribution in [2.24, 2.45) is 4.99 Å². The number of hydrogen-bond donors (Lipinski definition) is 3. The Balaban J connectivity index is 2.30. The third-order valence-corrected chi connectivity index (χ3v) is 3.07. The van der Waals surface area contributed by atoms with E-state index in [1.165, 1.54) is 11.8 Å². The fourth-order valence-corrected chi connectivity index (χ4v) is 1.88. The summed E-state index contributed by atoms with van der Waals surface area (Å²) in [5.41, 5.74) is 1.49. The summed E-state index contributed by atoms with van der Waals surface area (Å²) in [5, 5.41) is 9.63. The summed E-state index contributed by atoms with van der Waals surface area (Å²) in [4.78, 5) is 20.7. The quantitative estimate of drug-likeness (QED) is 0.600. The van der Waals surface area contributed by atoms with Crippen LogP contribution in [0.25, 0.3) is 0 Å². The minimum absolute atomic E-state index is 0.0477. The van der Waals surface area contributed by atoms with E-state index >= 15 is 0 Å².